The van der Waals surface area contributed by atoms with E-state index in [2.05, 4.69) is 40.5 Å². The Morgan fingerprint density at radius 3 is 2.73 bits per heavy atom. The number of nitrogens with one attached hydrogen (secondary N) is 1. The zero-order valence-electron chi connectivity index (χ0n) is 17.8. The molecule has 1 N–H and O–H groups in total. The summed E-state index contributed by atoms with van der Waals surface area (Å²) in [6.45, 7) is 2.01. The molecule has 0 radical (unpaired) electrons. The van der Waals surface area contributed by atoms with E-state index < -0.39 is 0 Å². The van der Waals surface area contributed by atoms with Gasteiger partial charge in [0.15, 0.2) is 0 Å². The lowest BCUT2D eigenvalue weighted by Gasteiger charge is -2.66. The maximum absolute atomic E-state index is 13.9. The molecule has 5 aliphatic carbocycles. The third-order valence-corrected chi connectivity index (χ3v) is 10.4. The number of hydrogen-bond acceptors (Lipinski definition) is 2. The van der Waals surface area contributed by atoms with Crippen molar-refractivity contribution in [1.29, 1.82) is 0 Å². The fourth-order valence-corrected chi connectivity index (χ4v) is 9.74. The summed E-state index contributed by atoms with van der Waals surface area (Å²) in [6, 6.07) is 11.2. The number of rotatable bonds is 5. The van der Waals surface area contributed by atoms with Crippen molar-refractivity contribution in [2.75, 3.05) is 19.8 Å². The van der Waals surface area contributed by atoms with Crippen molar-refractivity contribution in [3.05, 3.63) is 35.9 Å². The van der Waals surface area contributed by atoms with Crippen molar-refractivity contribution in [3.8, 4) is 0 Å². The predicted octanol–water partition coefficient (Wildman–Crippen LogP) is 4.22. The SMILES string of the molecule is O=C(N[C@@H]1CN2CCC3CC312)C12CC3C[C@@](CCF)(C1)C[C@](c1ccccc1)(C3)C2. The minimum atomic E-state index is -0.287. The molecule has 1 spiro atoms. The third-order valence-electron chi connectivity index (χ3n) is 10.4. The average molecular weight is 409 g/mol. The minimum absolute atomic E-state index is 0.0146. The van der Waals surface area contributed by atoms with Crippen LogP contribution in [0.1, 0.15) is 63.4 Å². The molecule has 0 aromatic heterocycles. The average Bonchev–Trinajstić information content (AvgIpc) is 3.41. The second-order valence-corrected chi connectivity index (χ2v) is 12.0. The van der Waals surface area contributed by atoms with Crippen molar-refractivity contribution in [2.24, 2.45) is 22.7 Å². The number of amides is 1. The summed E-state index contributed by atoms with van der Waals surface area (Å²) in [5, 5.41) is 3.58. The summed E-state index contributed by atoms with van der Waals surface area (Å²) in [5.74, 6) is 1.70. The van der Waals surface area contributed by atoms with Crippen LogP contribution in [0.2, 0.25) is 0 Å². The highest BCUT2D eigenvalue weighted by Crippen LogP contribution is 2.71. The van der Waals surface area contributed by atoms with Crippen LogP contribution >= 0.6 is 0 Å². The van der Waals surface area contributed by atoms with Crippen LogP contribution in [0.15, 0.2) is 30.3 Å². The third kappa shape index (κ3) is 2.17. The molecule has 2 saturated heterocycles. The molecule has 8 rings (SSSR count). The molecule has 5 saturated carbocycles. The molecule has 2 aliphatic heterocycles. The number of alkyl halides is 1. The molecule has 4 heteroatoms. The Hall–Kier alpha value is -1.42. The largest absolute Gasteiger partial charge is 0.350 e. The van der Waals surface area contributed by atoms with E-state index in [1.54, 1.807) is 0 Å². The van der Waals surface area contributed by atoms with E-state index in [0.29, 0.717) is 29.8 Å². The summed E-state index contributed by atoms with van der Waals surface area (Å²) in [6.07, 6.45) is 9.52. The zero-order chi connectivity index (χ0) is 20.2. The lowest BCUT2D eigenvalue weighted by Crippen LogP contribution is -2.70. The van der Waals surface area contributed by atoms with E-state index in [4.69, 9.17) is 0 Å². The first-order chi connectivity index (χ1) is 14.5. The number of carbonyl (C=O) groups is 1. The number of benzene rings is 1. The summed E-state index contributed by atoms with van der Waals surface area (Å²) in [5.41, 5.74) is 1.50. The van der Waals surface area contributed by atoms with Crippen LogP contribution in [0.4, 0.5) is 4.39 Å². The van der Waals surface area contributed by atoms with Crippen LogP contribution in [0.3, 0.4) is 0 Å². The maximum atomic E-state index is 13.9. The monoisotopic (exact) mass is 408 g/mol. The van der Waals surface area contributed by atoms with Gasteiger partial charge >= 0.3 is 0 Å². The Kier molecular flexibility index (Phi) is 3.44. The second-order valence-electron chi connectivity index (χ2n) is 12.0. The molecular formula is C26H33FN2O. The Morgan fingerprint density at radius 2 is 1.97 bits per heavy atom. The van der Waals surface area contributed by atoms with Crippen LogP contribution in [-0.4, -0.2) is 42.2 Å². The zero-order valence-corrected chi connectivity index (χ0v) is 17.8. The number of piperidine rings is 1. The van der Waals surface area contributed by atoms with E-state index in [0.717, 1.165) is 44.6 Å². The van der Waals surface area contributed by atoms with Gasteiger partial charge in [0, 0.05) is 12.1 Å². The molecule has 3 nitrogen and oxygen atoms in total. The summed E-state index contributed by atoms with van der Waals surface area (Å²) in [4.78, 5) is 16.6. The molecule has 7 fully saturated rings. The van der Waals surface area contributed by atoms with Crippen molar-refractivity contribution in [3.63, 3.8) is 0 Å². The Balaban J connectivity index is 1.23. The quantitative estimate of drug-likeness (QED) is 0.791. The van der Waals surface area contributed by atoms with Gasteiger partial charge in [0.05, 0.1) is 18.1 Å². The summed E-state index contributed by atoms with van der Waals surface area (Å²) in [7, 11) is 0. The number of nitrogens with zero attached hydrogens (tertiary/aromatic N) is 1. The second kappa shape index (κ2) is 5.68. The van der Waals surface area contributed by atoms with E-state index >= 15 is 0 Å². The van der Waals surface area contributed by atoms with Crippen LogP contribution < -0.4 is 5.32 Å². The lowest BCUT2D eigenvalue weighted by atomic mass is 9.38. The first-order valence-electron chi connectivity index (χ1n) is 12.2. The molecule has 4 bridgehead atoms. The number of hydrogen-bond donors (Lipinski definition) is 1. The molecule has 160 valence electrons. The molecule has 7 aliphatic rings. The fraction of sp³-hybridized carbons (Fsp3) is 0.731. The summed E-state index contributed by atoms with van der Waals surface area (Å²) >= 11 is 0. The van der Waals surface area contributed by atoms with Crippen molar-refractivity contribution in [2.45, 2.75) is 74.8 Å². The van der Waals surface area contributed by atoms with Crippen molar-refractivity contribution < 1.29 is 9.18 Å². The Labute approximate surface area is 178 Å². The molecule has 7 atom stereocenters. The van der Waals surface area contributed by atoms with Crippen LogP contribution in [0.25, 0.3) is 0 Å². The Morgan fingerprint density at radius 1 is 1.10 bits per heavy atom. The smallest absolute Gasteiger partial charge is 0.226 e. The lowest BCUT2D eigenvalue weighted by molar-refractivity contribution is -0.166. The van der Waals surface area contributed by atoms with Crippen LogP contribution in [0, 0.1) is 22.7 Å². The molecule has 1 aromatic rings. The van der Waals surface area contributed by atoms with Gasteiger partial charge in [-0.3, -0.25) is 14.1 Å². The van der Waals surface area contributed by atoms with Crippen LogP contribution in [-0.2, 0) is 10.2 Å². The normalized spacial score (nSPS) is 50.0. The number of halogens is 1. The van der Waals surface area contributed by atoms with E-state index in [1.165, 1.54) is 31.4 Å². The fourth-order valence-electron chi connectivity index (χ4n) is 9.74. The standard InChI is InChI=1S/C26H33FN2O/c27-8-7-23-10-18-11-24(15-23,19-4-2-1-3-5-19)17-25(12-18,16-23)22(30)28-21-14-29-9-6-20-13-26(20,21)29/h1-5,18,20-21H,6-17H2,(H,28,30)/t18?,20?,21-,23-,24-,25?,26?/m1/s1. The van der Waals surface area contributed by atoms with Gasteiger partial charge in [0.2, 0.25) is 5.91 Å². The van der Waals surface area contributed by atoms with Gasteiger partial charge in [-0.2, -0.15) is 0 Å². The van der Waals surface area contributed by atoms with Gasteiger partial charge in [-0.1, -0.05) is 30.3 Å². The van der Waals surface area contributed by atoms with Crippen molar-refractivity contribution >= 4 is 5.91 Å². The maximum Gasteiger partial charge on any atom is 0.226 e. The van der Waals surface area contributed by atoms with Crippen molar-refractivity contribution in [1.82, 2.24) is 10.2 Å². The molecule has 4 unspecified atom stereocenters. The molecule has 2 heterocycles. The molecule has 1 aromatic carbocycles. The number of carbonyl (C=O) groups excluding carboxylic acids is 1. The molecule has 1 amide bonds. The Bertz CT molecular complexity index is 906. The molecular weight excluding hydrogens is 375 g/mol. The van der Waals surface area contributed by atoms with Crippen LogP contribution in [0.5, 0.6) is 0 Å². The summed E-state index contributed by atoms with van der Waals surface area (Å²) < 4.78 is 13.7. The van der Waals surface area contributed by atoms with Gasteiger partial charge in [-0.05, 0) is 92.6 Å². The predicted molar refractivity (Wildman–Crippen MR) is 114 cm³/mol. The van der Waals surface area contributed by atoms with Gasteiger partial charge in [0.25, 0.3) is 0 Å². The molecule has 30 heavy (non-hydrogen) atoms. The van der Waals surface area contributed by atoms with Gasteiger partial charge in [-0.15, -0.1) is 0 Å². The van der Waals surface area contributed by atoms with E-state index in [1.807, 2.05) is 0 Å². The van der Waals surface area contributed by atoms with E-state index in [-0.39, 0.29) is 22.9 Å². The van der Waals surface area contributed by atoms with Gasteiger partial charge < -0.3 is 5.32 Å². The van der Waals surface area contributed by atoms with E-state index in [9.17, 15) is 9.18 Å². The topological polar surface area (TPSA) is 32.3 Å². The van der Waals surface area contributed by atoms with Gasteiger partial charge in [0.1, 0.15) is 0 Å². The first kappa shape index (κ1) is 18.2. The minimum Gasteiger partial charge on any atom is -0.350 e. The first-order valence-corrected chi connectivity index (χ1v) is 12.2. The highest BCUT2D eigenvalue weighted by atomic mass is 19.1. The van der Waals surface area contributed by atoms with Gasteiger partial charge in [-0.25, -0.2) is 0 Å². The highest BCUT2D eigenvalue weighted by molar-refractivity contribution is 5.84. The highest BCUT2D eigenvalue weighted by Gasteiger charge is 2.73.